The lowest BCUT2D eigenvalue weighted by Gasteiger charge is -2.45. The van der Waals surface area contributed by atoms with E-state index in [9.17, 15) is 0 Å². The van der Waals surface area contributed by atoms with E-state index in [1.807, 2.05) is 6.07 Å². The molecule has 1 N–H and O–H groups in total. The first-order chi connectivity index (χ1) is 14.7. The molecule has 30 heavy (non-hydrogen) atoms. The van der Waals surface area contributed by atoms with Gasteiger partial charge in [-0.05, 0) is 73.2 Å². The van der Waals surface area contributed by atoms with E-state index in [0.717, 1.165) is 30.8 Å². The monoisotopic (exact) mass is 401 g/mol. The predicted octanol–water partition coefficient (Wildman–Crippen LogP) is 6.73. The lowest BCUT2D eigenvalue weighted by Crippen LogP contribution is -2.45. The number of rotatable bonds is 4. The van der Waals surface area contributed by atoms with Gasteiger partial charge >= 0.3 is 0 Å². The van der Waals surface area contributed by atoms with Gasteiger partial charge in [-0.3, -0.25) is 0 Å². The molecule has 5 rings (SSSR count). The fourth-order valence-corrected chi connectivity index (χ4v) is 5.30. The van der Waals surface area contributed by atoms with Crippen molar-refractivity contribution in [3.05, 3.63) is 71.8 Å². The minimum absolute atomic E-state index is 0.0272. The summed E-state index contributed by atoms with van der Waals surface area (Å²) in [5, 5.41) is 6.52. The van der Waals surface area contributed by atoms with Gasteiger partial charge < -0.3 is 14.8 Å². The molecule has 156 valence electrons. The van der Waals surface area contributed by atoms with Crippen molar-refractivity contribution in [1.82, 2.24) is 5.32 Å². The molecule has 3 heteroatoms. The van der Waals surface area contributed by atoms with Crippen molar-refractivity contribution in [2.24, 2.45) is 0 Å². The quantitative estimate of drug-likeness (QED) is 0.526. The number of methoxy groups -OCH3 is 1. The number of nitrogens with one attached hydrogen (secondary N) is 1. The second-order valence-corrected chi connectivity index (χ2v) is 9.00. The fraction of sp³-hybridized carbons (Fsp3) is 0.407. The van der Waals surface area contributed by atoms with Crippen LogP contribution in [-0.2, 0) is 0 Å². The third-order valence-electron chi connectivity index (χ3n) is 6.98. The molecule has 1 heterocycles. The highest BCUT2D eigenvalue weighted by Crippen LogP contribution is 2.47. The SMILES string of the molecule is COc1ccc2c(c1)C(NC(C)c1ccc3ccccc3c1)CC1(CCCCC1)O2. The van der Waals surface area contributed by atoms with Gasteiger partial charge in [0.05, 0.1) is 7.11 Å². The summed E-state index contributed by atoms with van der Waals surface area (Å²) in [6, 6.07) is 22.1. The minimum atomic E-state index is -0.0272. The van der Waals surface area contributed by atoms with E-state index in [4.69, 9.17) is 9.47 Å². The van der Waals surface area contributed by atoms with Crippen molar-refractivity contribution in [2.45, 2.75) is 63.1 Å². The fourth-order valence-electron chi connectivity index (χ4n) is 5.30. The Balaban J connectivity index is 1.46. The Morgan fingerprint density at radius 1 is 0.967 bits per heavy atom. The molecule has 2 atom stereocenters. The number of hydrogen-bond donors (Lipinski definition) is 1. The molecular formula is C27H31NO2. The Hall–Kier alpha value is -2.52. The average Bonchev–Trinajstić information content (AvgIpc) is 2.79. The molecule has 2 unspecified atom stereocenters. The Morgan fingerprint density at radius 2 is 1.77 bits per heavy atom. The third-order valence-corrected chi connectivity index (χ3v) is 6.98. The van der Waals surface area contributed by atoms with Crippen LogP contribution in [0.4, 0.5) is 0 Å². The van der Waals surface area contributed by atoms with Crippen molar-refractivity contribution in [1.29, 1.82) is 0 Å². The first-order valence-electron chi connectivity index (χ1n) is 11.3. The first kappa shape index (κ1) is 19.4. The van der Waals surface area contributed by atoms with Crippen LogP contribution in [0, 0.1) is 0 Å². The summed E-state index contributed by atoms with van der Waals surface area (Å²) in [7, 11) is 1.73. The molecule has 3 aromatic carbocycles. The zero-order chi connectivity index (χ0) is 20.6. The van der Waals surface area contributed by atoms with Gasteiger partial charge in [-0.15, -0.1) is 0 Å². The summed E-state index contributed by atoms with van der Waals surface area (Å²) in [6.45, 7) is 2.27. The van der Waals surface area contributed by atoms with E-state index in [1.165, 1.54) is 41.2 Å². The normalized spacial score (nSPS) is 21.1. The van der Waals surface area contributed by atoms with Gasteiger partial charge in [-0.25, -0.2) is 0 Å². The van der Waals surface area contributed by atoms with Crippen molar-refractivity contribution in [2.75, 3.05) is 7.11 Å². The summed E-state index contributed by atoms with van der Waals surface area (Å²) in [5.41, 5.74) is 2.51. The zero-order valence-corrected chi connectivity index (χ0v) is 18.0. The van der Waals surface area contributed by atoms with E-state index >= 15 is 0 Å². The highest BCUT2D eigenvalue weighted by Gasteiger charge is 2.42. The minimum Gasteiger partial charge on any atom is -0.497 e. The Labute approximate surface area is 179 Å². The summed E-state index contributed by atoms with van der Waals surface area (Å²) >= 11 is 0. The molecule has 3 nitrogen and oxygen atoms in total. The topological polar surface area (TPSA) is 30.5 Å². The molecule has 2 aliphatic rings. The van der Waals surface area contributed by atoms with E-state index in [-0.39, 0.29) is 17.7 Å². The maximum absolute atomic E-state index is 6.64. The van der Waals surface area contributed by atoms with E-state index in [0.29, 0.717) is 0 Å². The van der Waals surface area contributed by atoms with E-state index < -0.39 is 0 Å². The molecule has 0 saturated heterocycles. The third kappa shape index (κ3) is 3.67. The molecule has 1 saturated carbocycles. The van der Waals surface area contributed by atoms with Crippen LogP contribution in [-0.4, -0.2) is 12.7 Å². The number of fused-ring (bicyclic) bond motifs is 2. The van der Waals surface area contributed by atoms with E-state index in [2.05, 4.69) is 66.8 Å². The molecule has 1 spiro atoms. The van der Waals surface area contributed by atoms with Crippen molar-refractivity contribution >= 4 is 10.8 Å². The molecule has 0 bridgehead atoms. The molecule has 0 aromatic heterocycles. The van der Waals surface area contributed by atoms with Gasteiger partial charge in [0, 0.05) is 24.1 Å². The summed E-state index contributed by atoms with van der Waals surface area (Å²) in [6.07, 6.45) is 7.18. The van der Waals surface area contributed by atoms with Crippen molar-refractivity contribution in [3.63, 3.8) is 0 Å². The van der Waals surface area contributed by atoms with Crippen LogP contribution in [0.2, 0.25) is 0 Å². The van der Waals surface area contributed by atoms with Gasteiger partial charge in [0.2, 0.25) is 0 Å². The molecule has 1 fully saturated rings. The largest absolute Gasteiger partial charge is 0.497 e. The van der Waals surface area contributed by atoms with Gasteiger partial charge in [0.15, 0.2) is 0 Å². The number of hydrogen-bond acceptors (Lipinski definition) is 3. The zero-order valence-electron chi connectivity index (χ0n) is 18.0. The van der Waals surface area contributed by atoms with Gasteiger partial charge in [-0.2, -0.15) is 0 Å². The molecule has 1 aliphatic heterocycles. The number of ether oxygens (including phenoxy) is 2. The van der Waals surface area contributed by atoms with Gasteiger partial charge in [0.25, 0.3) is 0 Å². The molecule has 0 radical (unpaired) electrons. The second kappa shape index (κ2) is 7.96. The van der Waals surface area contributed by atoms with Crippen molar-refractivity contribution in [3.8, 4) is 11.5 Å². The molecule has 1 aliphatic carbocycles. The van der Waals surface area contributed by atoms with Crippen LogP contribution in [0.3, 0.4) is 0 Å². The van der Waals surface area contributed by atoms with Gasteiger partial charge in [0.1, 0.15) is 17.1 Å². The Morgan fingerprint density at radius 3 is 2.57 bits per heavy atom. The van der Waals surface area contributed by atoms with Crippen LogP contribution in [0.1, 0.15) is 68.7 Å². The van der Waals surface area contributed by atoms with Crippen LogP contribution in [0.5, 0.6) is 11.5 Å². The standard InChI is InChI=1S/C27H31NO2/c1-19(21-11-10-20-8-4-5-9-22(20)16-21)28-25-18-27(14-6-3-7-15-27)30-26-13-12-23(29-2)17-24(25)26/h4-5,8-13,16-17,19,25,28H,3,6-7,14-15,18H2,1-2H3. The summed E-state index contributed by atoms with van der Waals surface area (Å²) in [4.78, 5) is 0. The molecule has 3 aromatic rings. The summed E-state index contributed by atoms with van der Waals surface area (Å²) < 4.78 is 12.2. The average molecular weight is 402 g/mol. The Bertz CT molecular complexity index is 1040. The maximum Gasteiger partial charge on any atom is 0.125 e. The van der Waals surface area contributed by atoms with Crippen LogP contribution < -0.4 is 14.8 Å². The molecular weight excluding hydrogens is 370 g/mol. The van der Waals surface area contributed by atoms with Crippen molar-refractivity contribution < 1.29 is 9.47 Å². The predicted molar refractivity (Wildman–Crippen MR) is 122 cm³/mol. The lowest BCUT2D eigenvalue weighted by atomic mass is 9.77. The highest BCUT2D eigenvalue weighted by atomic mass is 16.5. The van der Waals surface area contributed by atoms with Gasteiger partial charge in [-0.1, -0.05) is 42.8 Å². The second-order valence-electron chi connectivity index (χ2n) is 9.00. The number of benzene rings is 3. The smallest absolute Gasteiger partial charge is 0.125 e. The van der Waals surface area contributed by atoms with Crippen LogP contribution >= 0.6 is 0 Å². The highest BCUT2D eigenvalue weighted by molar-refractivity contribution is 5.83. The van der Waals surface area contributed by atoms with E-state index in [1.54, 1.807) is 7.11 Å². The first-order valence-corrected chi connectivity index (χ1v) is 11.3. The van der Waals surface area contributed by atoms with Crippen LogP contribution in [0.15, 0.2) is 60.7 Å². The lowest BCUT2D eigenvalue weighted by molar-refractivity contribution is -0.00399. The molecule has 0 amide bonds. The summed E-state index contributed by atoms with van der Waals surface area (Å²) in [5.74, 6) is 1.91. The Kier molecular flexibility index (Phi) is 5.16. The van der Waals surface area contributed by atoms with Crippen LogP contribution in [0.25, 0.3) is 10.8 Å². The maximum atomic E-state index is 6.64.